The van der Waals surface area contributed by atoms with Gasteiger partial charge in [-0.2, -0.15) is 5.26 Å². The number of amides is 2. The molecule has 0 aliphatic rings. The Morgan fingerprint density at radius 1 is 1.12 bits per heavy atom. The van der Waals surface area contributed by atoms with Crippen LogP contribution in [0.25, 0.3) is 0 Å². The minimum atomic E-state index is -0.201. The molecule has 0 radical (unpaired) electrons. The van der Waals surface area contributed by atoms with E-state index in [2.05, 4.69) is 32.6 Å². The van der Waals surface area contributed by atoms with Gasteiger partial charge in [0.1, 0.15) is 0 Å². The van der Waals surface area contributed by atoms with Crippen molar-refractivity contribution in [1.82, 2.24) is 0 Å². The Labute approximate surface area is 158 Å². The average Bonchev–Trinajstić information content (AvgIpc) is 2.57. The first-order chi connectivity index (χ1) is 12.0. The summed E-state index contributed by atoms with van der Waals surface area (Å²) in [5, 5.41) is 14.3. The quantitative estimate of drug-likeness (QED) is 0.739. The third-order valence-corrected chi connectivity index (χ3v) is 4.65. The van der Waals surface area contributed by atoms with Gasteiger partial charge >= 0.3 is 0 Å². The summed E-state index contributed by atoms with van der Waals surface area (Å²) in [6.07, 6.45) is 0. The lowest BCUT2D eigenvalue weighted by molar-refractivity contribution is -0.115. The van der Waals surface area contributed by atoms with E-state index in [0.29, 0.717) is 22.7 Å². The standard InChI is InChI=1S/C18H16BrN3O2S/c1-12(23)21-16-7-6-15(19)8-17(16)22-18(24)11-25-10-14-4-2-13(9-20)3-5-14/h2-8H,10-11H2,1H3,(H,21,23)(H,22,24). The molecule has 0 fully saturated rings. The fourth-order valence-corrected chi connectivity index (χ4v) is 3.19. The van der Waals surface area contributed by atoms with Crippen LogP contribution in [-0.4, -0.2) is 17.6 Å². The number of rotatable bonds is 6. The molecular weight excluding hydrogens is 402 g/mol. The molecule has 5 nitrogen and oxygen atoms in total. The predicted octanol–water partition coefficient (Wildman–Crippen LogP) is 4.15. The number of anilines is 2. The van der Waals surface area contributed by atoms with Gasteiger partial charge in [0.05, 0.1) is 28.8 Å². The largest absolute Gasteiger partial charge is 0.325 e. The normalized spacial score (nSPS) is 9.96. The van der Waals surface area contributed by atoms with Crippen LogP contribution in [0.1, 0.15) is 18.1 Å². The predicted molar refractivity (Wildman–Crippen MR) is 104 cm³/mol. The van der Waals surface area contributed by atoms with Crippen LogP contribution in [0.3, 0.4) is 0 Å². The van der Waals surface area contributed by atoms with Crippen molar-refractivity contribution in [2.75, 3.05) is 16.4 Å². The lowest BCUT2D eigenvalue weighted by Crippen LogP contribution is -2.16. The van der Waals surface area contributed by atoms with Gasteiger partial charge in [0.15, 0.2) is 0 Å². The van der Waals surface area contributed by atoms with Crippen LogP contribution >= 0.6 is 27.7 Å². The van der Waals surface area contributed by atoms with Crippen molar-refractivity contribution in [1.29, 1.82) is 5.26 Å². The number of thioether (sulfide) groups is 1. The Kier molecular flexibility index (Phi) is 7.04. The van der Waals surface area contributed by atoms with Gasteiger partial charge in [-0.25, -0.2) is 0 Å². The summed E-state index contributed by atoms with van der Waals surface area (Å²) in [5.74, 6) is 0.610. The van der Waals surface area contributed by atoms with Crippen molar-refractivity contribution in [3.63, 3.8) is 0 Å². The van der Waals surface area contributed by atoms with E-state index in [1.807, 2.05) is 12.1 Å². The maximum Gasteiger partial charge on any atom is 0.234 e. The minimum Gasteiger partial charge on any atom is -0.325 e. The van der Waals surface area contributed by atoms with Gasteiger partial charge in [0.25, 0.3) is 0 Å². The molecule has 2 aromatic carbocycles. The summed E-state index contributed by atoms with van der Waals surface area (Å²) in [7, 11) is 0. The van der Waals surface area contributed by atoms with Crippen LogP contribution < -0.4 is 10.6 Å². The van der Waals surface area contributed by atoms with Crippen LogP contribution in [0.2, 0.25) is 0 Å². The monoisotopic (exact) mass is 417 g/mol. The molecule has 0 aliphatic heterocycles. The number of nitrogens with zero attached hydrogens (tertiary/aromatic N) is 1. The lowest BCUT2D eigenvalue weighted by Gasteiger charge is -2.12. The van der Waals surface area contributed by atoms with E-state index in [0.717, 1.165) is 10.0 Å². The molecule has 0 unspecified atom stereocenters. The number of hydrogen-bond acceptors (Lipinski definition) is 4. The van der Waals surface area contributed by atoms with Gasteiger partial charge in [-0.3, -0.25) is 9.59 Å². The van der Waals surface area contributed by atoms with E-state index in [1.54, 1.807) is 30.3 Å². The zero-order valence-electron chi connectivity index (χ0n) is 13.5. The van der Waals surface area contributed by atoms with Gasteiger partial charge in [0.2, 0.25) is 11.8 Å². The van der Waals surface area contributed by atoms with Gasteiger partial charge in [-0.05, 0) is 35.9 Å². The van der Waals surface area contributed by atoms with Crippen LogP contribution in [0.4, 0.5) is 11.4 Å². The first-order valence-electron chi connectivity index (χ1n) is 7.41. The first-order valence-corrected chi connectivity index (χ1v) is 9.36. The Bertz CT molecular complexity index is 816. The number of hydrogen-bond donors (Lipinski definition) is 2. The molecule has 2 aromatic rings. The molecule has 0 spiro atoms. The number of carbonyl (C=O) groups is 2. The second-order valence-electron chi connectivity index (χ2n) is 5.22. The highest BCUT2D eigenvalue weighted by molar-refractivity contribution is 9.10. The van der Waals surface area contributed by atoms with Crippen molar-refractivity contribution >= 4 is 50.9 Å². The van der Waals surface area contributed by atoms with Crippen molar-refractivity contribution in [2.45, 2.75) is 12.7 Å². The van der Waals surface area contributed by atoms with Gasteiger partial charge in [-0.15, -0.1) is 11.8 Å². The molecule has 2 amide bonds. The zero-order valence-corrected chi connectivity index (χ0v) is 15.9. The fourth-order valence-electron chi connectivity index (χ4n) is 2.04. The topological polar surface area (TPSA) is 82.0 Å². The molecule has 128 valence electrons. The maximum atomic E-state index is 12.1. The molecule has 0 heterocycles. The molecule has 0 bridgehead atoms. The number of nitriles is 1. The summed E-state index contributed by atoms with van der Waals surface area (Å²) in [4.78, 5) is 23.4. The Morgan fingerprint density at radius 3 is 2.48 bits per heavy atom. The molecule has 0 aliphatic carbocycles. The number of halogens is 1. The fraction of sp³-hybridized carbons (Fsp3) is 0.167. The van der Waals surface area contributed by atoms with E-state index in [-0.39, 0.29) is 17.6 Å². The molecule has 0 saturated carbocycles. The molecule has 2 rings (SSSR count). The number of nitrogens with one attached hydrogen (secondary N) is 2. The van der Waals surface area contributed by atoms with Crippen molar-refractivity contribution in [2.24, 2.45) is 0 Å². The molecule has 0 aromatic heterocycles. The Morgan fingerprint density at radius 2 is 1.84 bits per heavy atom. The van der Waals surface area contributed by atoms with Crippen LogP contribution in [-0.2, 0) is 15.3 Å². The highest BCUT2D eigenvalue weighted by atomic mass is 79.9. The van der Waals surface area contributed by atoms with Crippen molar-refractivity contribution in [3.05, 3.63) is 58.1 Å². The number of carbonyl (C=O) groups excluding carboxylic acids is 2. The van der Waals surface area contributed by atoms with Crippen molar-refractivity contribution < 1.29 is 9.59 Å². The summed E-state index contributed by atoms with van der Waals surface area (Å²) in [5.41, 5.74) is 2.78. The summed E-state index contributed by atoms with van der Waals surface area (Å²) >= 11 is 4.83. The molecule has 0 saturated heterocycles. The van der Waals surface area contributed by atoms with Gasteiger partial charge in [-0.1, -0.05) is 28.1 Å². The minimum absolute atomic E-state index is 0.150. The van der Waals surface area contributed by atoms with Gasteiger partial charge < -0.3 is 10.6 Å². The lowest BCUT2D eigenvalue weighted by atomic mass is 10.2. The summed E-state index contributed by atoms with van der Waals surface area (Å²) < 4.78 is 0.808. The molecule has 7 heteroatoms. The van der Waals surface area contributed by atoms with E-state index >= 15 is 0 Å². The smallest absolute Gasteiger partial charge is 0.234 e. The van der Waals surface area contributed by atoms with Crippen LogP contribution in [0, 0.1) is 11.3 Å². The molecule has 0 atom stereocenters. The Hall–Kier alpha value is -2.30. The average molecular weight is 418 g/mol. The summed E-state index contributed by atoms with van der Waals surface area (Å²) in [6, 6.07) is 14.6. The second-order valence-corrected chi connectivity index (χ2v) is 7.12. The maximum absolute atomic E-state index is 12.1. The summed E-state index contributed by atoms with van der Waals surface area (Å²) in [6.45, 7) is 1.42. The van der Waals surface area contributed by atoms with Crippen molar-refractivity contribution in [3.8, 4) is 6.07 Å². The van der Waals surface area contributed by atoms with E-state index in [4.69, 9.17) is 5.26 Å². The Balaban J connectivity index is 1.90. The third-order valence-electron chi connectivity index (χ3n) is 3.15. The van der Waals surface area contributed by atoms with E-state index in [1.165, 1.54) is 18.7 Å². The molecule has 2 N–H and O–H groups in total. The highest BCUT2D eigenvalue weighted by Crippen LogP contribution is 2.26. The number of benzene rings is 2. The molecule has 25 heavy (non-hydrogen) atoms. The third kappa shape index (κ3) is 6.25. The SMILES string of the molecule is CC(=O)Nc1ccc(Br)cc1NC(=O)CSCc1ccc(C#N)cc1. The van der Waals surface area contributed by atoms with Gasteiger partial charge in [0, 0.05) is 17.1 Å². The zero-order chi connectivity index (χ0) is 18.2. The van der Waals surface area contributed by atoms with E-state index < -0.39 is 0 Å². The second kappa shape index (κ2) is 9.25. The first kappa shape index (κ1) is 19.0. The van der Waals surface area contributed by atoms with E-state index in [9.17, 15) is 9.59 Å². The highest BCUT2D eigenvalue weighted by Gasteiger charge is 2.09. The molecular formula is C18H16BrN3O2S. The van der Waals surface area contributed by atoms with Crippen LogP contribution in [0.5, 0.6) is 0 Å². The van der Waals surface area contributed by atoms with Crippen LogP contribution in [0.15, 0.2) is 46.9 Å².